The quantitative estimate of drug-likeness (QED) is 0.303. The number of rotatable bonds is 6. The third-order valence-electron chi connectivity index (χ3n) is 6.86. The largest absolute Gasteiger partial charge is 0.456 e. The van der Waals surface area contributed by atoms with Gasteiger partial charge in [-0.15, -0.1) is 0 Å². The first-order chi connectivity index (χ1) is 16.1. The minimum absolute atomic E-state index is 0.0710. The van der Waals surface area contributed by atoms with Crippen LogP contribution in [-0.2, 0) is 0 Å². The van der Waals surface area contributed by atoms with Gasteiger partial charge < -0.3 is 14.2 Å². The fourth-order valence-corrected chi connectivity index (χ4v) is 5.11. The number of benzene rings is 3. The average Bonchev–Trinajstić information content (AvgIpc) is 3.04. The molecule has 0 aromatic heterocycles. The van der Waals surface area contributed by atoms with Crippen LogP contribution in [0.1, 0.15) is 27.7 Å². The molecule has 0 unspecified atom stereocenters. The van der Waals surface area contributed by atoms with E-state index in [4.69, 9.17) is 4.42 Å². The molecule has 5 rings (SSSR count). The molecule has 0 amide bonds. The number of hydrogen-bond donors (Lipinski definition) is 0. The molecule has 1 heterocycles. The van der Waals surface area contributed by atoms with Crippen LogP contribution in [0, 0.1) is 10.4 Å². The normalized spacial score (nSPS) is 11.6. The molecule has 168 valence electrons. The minimum atomic E-state index is 0.0710. The van der Waals surface area contributed by atoms with Crippen LogP contribution in [0.3, 0.4) is 0 Å². The highest BCUT2D eigenvalue weighted by Gasteiger charge is 2.15. The summed E-state index contributed by atoms with van der Waals surface area (Å²) < 4.78 is 6.61. The van der Waals surface area contributed by atoms with Gasteiger partial charge >= 0.3 is 0 Å². The summed E-state index contributed by atoms with van der Waals surface area (Å²) in [6.07, 6.45) is 0. The van der Waals surface area contributed by atoms with E-state index in [-0.39, 0.29) is 5.43 Å². The van der Waals surface area contributed by atoms with Crippen molar-refractivity contribution in [3.8, 4) is 0 Å². The van der Waals surface area contributed by atoms with Crippen LogP contribution in [0.25, 0.3) is 32.7 Å². The SMILES string of the molecule is CCN(CC)c1ccc2c3c(=O)c4ccccc4c=3c3ccc(N(CC)CC)cc3oc2c1. The molecule has 1 aliphatic heterocycles. The Labute approximate surface area is 193 Å². The van der Waals surface area contributed by atoms with Crippen molar-refractivity contribution in [1.82, 2.24) is 0 Å². The number of nitrogens with zero attached hydrogens (tertiary/aromatic N) is 2. The van der Waals surface area contributed by atoms with Gasteiger partial charge in [0.05, 0.1) is 0 Å². The molecule has 4 heteroatoms. The zero-order chi connectivity index (χ0) is 23.1. The molecular formula is C29H30N2O2. The second kappa shape index (κ2) is 8.43. The molecule has 2 aliphatic rings. The molecule has 0 fully saturated rings. The summed E-state index contributed by atoms with van der Waals surface area (Å²) in [7, 11) is 0. The van der Waals surface area contributed by atoms with Gasteiger partial charge in [-0.2, -0.15) is 0 Å². The van der Waals surface area contributed by atoms with E-state index in [1.807, 2.05) is 24.3 Å². The van der Waals surface area contributed by atoms with E-state index in [9.17, 15) is 4.79 Å². The van der Waals surface area contributed by atoms with E-state index >= 15 is 0 Å². The highest BCUT2D eigenvalue weighted by molar-refractivity contribution is 5.97. The summed E-state index contributed by atoms with van der Waals surface area (Å²) in [5.74, 6) is 0. The standard InChI is InChI=1S/C29H30N2O2/c1-5-30(6-2)19-13-15-23-25(17-19)33-26-18-20(31(7-3)8-4)14-16-24(26)28-27(23)21-11-9-10-12-22(21)29(28)32/h9-18H,5-8H2,1-4H3. The van der Waals surface area contributed by atoms with Crippen LogP contribution in [0.2, 0.25) is 0 Å². The van der Waals surface area contributed by atoms with Crippen LogP contribution in [0.15, 0.2) is 69.9 Å². The highest BCUT2D eigenvalue weighted by atomic mass is 16.3. The predicted molar refractivity (Wildman–Crippen MR) is 140 cm³/mol. The van der Waals surface area contributed by atoms with E-state index in [0.29, 0.717) is 0 Å². The highest BCUT2D eigenvalue weighted by Crippen LogP contribution is 2.31. The maximum atomic E-state index is 13.6. The molecule has 3 aromatic rings. The molecule has 0 bridgehead atoms. The molecule has 33 heavy (non-hydrogen) atoms. The van der Waals surface area contributed by atoms with Gasteiger partial charge in [-0.1, -0.05) is 24.3 Å². The van der Waals surface area contributed by atoms with Gasteiger partial charge in [-0.25, -0.2) is 0 Å². The van der Waals surface area contributed by atoms with Crippen LogP contribution in [0.4, 0.5) is 11.4 Å². The second-order valence-corrected chi connectivity index (χ2v) is 8.43. The van der Waals surface area contributed by atoms with Gasteiger partial charge in [-0.05, 0) is 57.3 Å². The fraction of sp³-hybridized carbons (Fsp3) is 0.276. The molecule has 3 aromatic carbocycles. The lowest BCUT2D eigenvalue weighted by atomic mass is 10.1. The third-order valence-corrected chi connectivity index (χ3v) is 6.86. The number of hydrogen-bond acceptors (Lipinski definition) is 4. The number of anilines is 2. The summed E-state index contributed by atoms with van der Waals surface area (Å²) in [6.45, 7) is 12.3. The Kier molecular flexibility index (Phi) is 5.45. The maximum absolute atomic E-state index is 13.6. The Hall–Kier alpha value is -3.53. The Bertz CT molecular complexity index is 1590. The van der Waals surface area contributed by atoms with Gasteiger partial charge in [0.25, 0.3) is 0 Å². The Morgan fingerprint density at radius 1 is 0.606 bits per heavy atom. The Morgan fingerprint density at radius 2 is 1.09 bits per heavy atom. The minimum Gasteiger partial charge on any atom is -0.456 e. The van der Waals surface area contributed by atoms with Crippen molar-refractivity contribution < 1.29 is 4.42 Å². The van der Waals surface area contributed by atoms with Gasteiger partial charge in [0, 0.05) is 76.3 Å². The first kappa shape index (κ1) is 21.3. The molecule has 4 nitrogen and oxygen atoms in total. The van der Waals surface area contributed by atoms with E-state index in [0.717, 1.165) is 80.7 Å². The molecule has 0 atom stereocenters. The van der Waals surface area contributed by atoms with Crippen LogP contribution >= 0.6 is 0 Å². The zero-order valence-corrected chi connectivity index (χ0v) is 19.8. The predicted octanol–water partition coefficient (Wildman–Crippen LogP) is 6.52. The number of fused-ring (bicyclic) bond motifs is 6. The van der Waals surface area contributed by atoms with Crippen LogP contribution in [-0.4, -0.2) is 26.2 Å². The summed E-state index contributed by atoms with van der Waals surface area (Å²) in [4.78, 5) is 18.2. The van der Waals surface area contributed by atoms with Crippen molar-refractivity contribution in [2.45, 2.75) is 27.7 Å². The van der Waals surface area contributed by atoms with Crippen molar-refractivity contribution in [2.24, 2.45) is 0 Å². The summed E-state index contributed by atoms with van der Waals surface area (Å²) >= 11 is 0. The van der Waals surface area contributed by atoms with E-state index in [2.05, 4.69) is 73.9 Å². The zero-order valence-electron chi connectivity index (χ0n) is 19.8. The van der Waals surface area contributed by atoms with Gasteiger partial charge in [0.2, 0.25) is 0 Å². The van der Waals surface area contributed by atoms with E-state index in [1.54, 1.807) is 0 Å². The van der Waals surface area contributed by atoms with Crippen molar-refractivity contribution in [2.75, 3.05) is 36.0 Å². The summed E-state index contributed by atoms with van der Waals surface area (Å²) in [5, 5.41) is 5.31. The third kappa shape index (κ3) is 3.32. The topological polar surface area (TPSA) is 36.7 Å². The van der Waals surface area contributed by atoms with Crippen molar-refractivity contribution in [1.29, 1.82) is 0 Å². The lowest BCUT2D eigenvalue weighted by Gasteiger charge is -2.21. The van der Waals surface area contributed by atoms with Gasteiger partial charge in [0.1, 0.15) is 11.2 Å². The second-order valence-electron chi connectivity index (χ2n) is 8.43. The molecule has 0 N–H and O–H groups in total. The van der Waals surface area contributed by atoms with Crippen LogP contribution in [0.5, 0.6) is 0 Å². The summed E-state index contributed by atoms with van der Waals surface area (Å²) in [5.41, 5.74) is 3.84. The van der Waals surface area contributed by atoms with E-state index < -0.39 is 0 Å². The average molecular weight is 439 g/mol. The van der Waals surface area contributed by atoms with E-state index in [1.165, 1.54) is 0 Å². The molecule has 0 radical (unpaired) electrons. The van der Waals surface area contributed by atoms with Crippen molar-refractivity contribution >= 4 is 44.1 Å². The first-order valence-corrected chi connectivity index (χ1v) is 12.0. The summed E-state index contributed by atoms with van der Waals surface area (Å²) in [6, 6.07) is 20.5. The van der Waals surface area contributed by atoms with Gasteiger partial charge in [-0.3, -0.25) is 4.79 Å². The molecule has 0 saturated carbocycles. The molecule has 0 spiro atoms. The first-order valence-electron chi connectivity index (χ1n) is 12.0. The van der Waals surface area contributed by atoms with Gasteiger partial charge in [0.15, 0.2) is 5.43 Å². The Balaban J connectivity index is 2.01. The molecule has 1 aliphatic carbocycles. The van der Waals surface area contributed by atoms with Crippen LogP contribution < -0.4 is 15.2 Å². The molecular weight excluding hydrogens is 408 g/mol. The molecule has 0 saturated heterocycles. The fourth-order valence-electron chi connectivity index (χ4n) is 5.11. The monoisotopic (exact) mass is 438 g/mol. The lowest BCUT2D eigenvalue weighted by Crippen LogP contribution is -2.21. The van der Waals surface area contributed by atoms with Crippen molar-refractivity contribution in [3.63, 3.8) is 0 Å². The lowest BCUT2D eigenvalue weighted by molar-refractivity contribution is 0.662. The Morgan fingerprint density at radius 3 is 1.61 bits per heavy atom. The maximum Gasteiger partial charge on any atom is 0.195 e. The smallest absolute Gasteiger partial charge is 0.195 e. The van der Waals surface area contributed by atoms with Crippen molar-refractivity contribution in [3.05, 3.63) is 81.3 Å².